The number of nitrogens with one attached hydrogen (secondary N) is 1. The normalized spacial score (nSPS) is 22.2. The minimum atomic E-state index is 0.129. The Kier molecular flexibility index (Phi) is 5.31. The lowest BCUT2D eigenvalue weighted by Crippen LogP contribution is -2.45. The highest BCUT2D eigenvalue weighted by molar-refractivity contribution is 5.80. The number of hydrogen-bond donors (Lipinski definition) is 1. The Morgan fingerprint density at radius 2 is 1.87 bits per heavy atom. The fourth-order valence-corrected chi connectivity index (χ4v) is 4.40. The summed E-state index contributed by atoms with van der Waals surface area (Å²) in [6.45, 7) is 2.75. The largest absolute Gasteiger partial charge is 0.378 e. The van der Waals surface area contributed by atoms with Crippen LogP contribution < -0.4 is 5.32 Å². The number of nitrogens with zero attached hydrogens (tertiary/aromatic N) is 5. The number of hydrogen-bond acceptors (Lipinski definition) is 6. The number of carbonyl (C=O) groups is 1. The third kappa shape index (κ3) is 3.87. The maximum absolute atomic E-state index is 12.7. The summed E-state index contributed by atoms with van der Waals surface area (Å²) in [7, 11) is 0. The van der Waals surface area contributed by atoms with E-state index in [1.807, 2.05) is 46.1 Å². The molecular formula is C22H26N6O2. The van der Waals surface area contributed by atoms with Gasteiger partial charge in [-0.25, -0.2) is 9.67 Å². The summed E-state index contributed by atoms with van der Waals surface area (Å²) in [5.41, 5.74) is 1.02. The number of benzene rings is 1. The first-order valence-corrected chi connectivity index (χ1v) is 10.7. The summed E-state index contributed by atoms with van der Waals surface area (Å²) in [5, 5.41) is 9.01. The average molecular weight is 406 g/mol. The van der Waals surface area contributed by atoms with Crippen LogP contribution in [0.1, 0.15) is 25.7 Å². The van der Waals surface area contributed by atoms with Crippen molar-refractivity contribution in [2.24, 2.45) is 5.92 Å². The Balaban J connectivity index is 1.22. The van der Waals surface area contributed by atoms with Gasteiger partial charge >= 0.3 is 0 Å². The molecule has 30 heavy (non-hydrogen) atoms. The molecule has 1 amide bonds. The van der Waals surface area contributed by atoms with E-state index in [4.69, 9.17) is 4.74 Å². The van der Waals surface area contributed by atoms with E-state index in [2.05, 4.69) is 20.4 Å². The molecule has 2 aliphatic rings. The Morgan fingerprint density at radius 1 is 1.07 bits per heavy atom. The minimum Gasteiger partial charge on any atom is -0.378 e. The van der Waals surface area contributed by atoms with Crippen molar-refractivity contribution in [3.05, 3.63) is 42.7 Å². The van der Waals surface area contributed by atoms with E-state index in [0.717, 1.165) is 55.5 Å². The maximum Gasteiger partial charge on any atom is 0.225 e. The Bertz CT molecular complexity index is 1020. The van der Waals surface area contributed by atoms with Gasteiger partial charge in [-0.3, -0.25) is 4.79 Å². The van der Waals surface area contributed by atoms with Crippen LogP contribution in [-0.2, 0) is 9.53 Å². The second-order valence-corrected chi connectivity index (χ2v) is 7.98. The van der Waals surface area contributed by atoms with Gasteiger partial charge in [0.2, 0.25) is 11.9 Å². The quantitative estimate of drug-likeness (QED) is 0.717. The lowest BCUT2D eigenvalue weighted by molar-refractivity contribution is -0.140. The molecule has 2 aromatic heterocycles. The van der Waals surface area contributed by atoms with Crippen molar-refractivity contribution in [2.45, 2.75) is 31.7 Å². The van der Waals surface area contributed by atoms with E-state index in [-0.39, 0.29) is 12.0 Å². The smallest absolute Gasteiger partial charge is 0.225 e. The van der Waals surface area contributed by atoms with Crippen molar-refractivity contribution in [3.8, 4) is 5.82 Å². The number of amides is 1. The van der Waals surface area contributed by atoms with Crippen molar-refractivity contribution in [1.29, 1.82) is 0 Å². The Morgan fingerprint density at radius 3 is 2.70 bits per heavy atom. The minimum absolute atomic E-state index is 0.129. The standard InChI is InChI=1S/C22H26N6O2/c29-21(27-11-13-30-14-12-27)16-5-7-18(8-6-16)25-22-23-10-9-20(26-22)28-19-4-2-1-3-17(19)15-24-28/h1-4,9-10,15-16,18H,5-8,11-14H2,(H,23,25,26). The molecule has 0 bridgehead atoms. The molecule has 0 unspecified atom stereocenters. The van der Waals surface area contributed by atoms with Crippen LogP contribution in [0, 0.1) is 5.92 Å². The van der Waals surface area contributed by atoms with Gasteiger partial charge in [-0.15, -0.1) is 0 Å². The zero-order valence-corrected chi connectivity index (χ0v) is 16.9. The fraction of sp³-hybridized carbons (Fsp3) is 0.455. The van der Waals surface area contributed by atoms with Crippen LogP contribution in [0.15, 0.2) is 42.7 Å². The number of ether oxygens (including phenoxy) is 1. The molecule has 1 saturated heterocycles. The highest BCUT2D eigenvalue weighted by atomic mass is 16.5. The lowest BCUT2D eigenvalue weighted by atomic mass is 9.85. The Labute approximate surface area is 175 Å². The molecule has 1 N–H and O–H groups in total. The maximum atomic E-state index is 12.7. The van der Waals surface area contributed by atoms with Gasteiger partial charge in [0.05, 0.1) is 24.9 Å². The van der Waals surface area contributed by atoms with Gasteiger partial charge in [0.1, 0.15) is 0 Å². The zero-order valence-electron chi connectivity index (χ0n) is 16.9. The molecule has 3 aromatic rings. The summed E-state index contributed by atoms with van der Waals surface area (Å²) >= 11 is 0. The van der Waals surface area contributed by atoms with Crippen molar-refractivity contribution in [2.75, 3.05) is 31.6 Å². The number of morpholine rings is 1. The molecule has 8 heteroatoms. The number of carbonyl (C=O) groups excluding carboxylic acids is 1. The topological polar surface area (TPSA) is 85.2 Å². The fourth-order valence-electron chi connectivity index (χ4n) is 4.40. The Hall–Kier alpha value is -3.00. The average Bonchev–Trinajstić information content (AvgIpc) is 3.24. The molecule has 1 saturated carbocycles. The van der Waals surface area contributed by atoms with Crippen LogP contribution >= 0.6 is 0 Å². The zero-order chi connectivity index (χ0) is 20.3. The van der Waals surface area contributed by atoms with Crippen molar-refractivity contribution in [1.82, 2.24) is 24.6 Å². The van der Waals surface area contributed by atoms with Crippen LogP contribution in [-0.4, -0.2) is 62.9 Å². The van der Waals surface area contributed by atoms with Gasteiger partial charge in [0.25, 0.3) is 0 Å². The monoisotopic (exact) mass is 406 g/mol. The summed E-state index contributed by atoms with van der Waals surface area (Å²) < 4.78 is 7.19. The molecule has 0 atom stereocenters. The van der Waals surface area contributed by atoms with Gasteiger partial charge in [0.15, 0.2) is 5.82 Å². The first-order valence-electron chi connectivity index (χ1n) is 10.7. The van der Waals surface area contributed by atoms with Crippen LogP contribution in [0.5, 0.6) is 0 Å². The SMILES string of the molecule is O=C(C1CCC(Nc2nccc(-n3ncc4ccccc43)n2)CC1)N1CCOCC1. The summed E-state index contributed by atoms with van der Waals surface area (Å²) in [6.07, 6.45) is 7.29. The molecule has 0 spiro atoms. The number of anilines is 1. The van der Waals surface area contributed by atoms with Gasteiger partial charge in [-0.2, -0.15) is 10.1 Å². The van der Waals surface area contributed by atoms with Crippen molar-refractivity contribution in [3.63, 3.8) is 0 Å². The summed E-state index contributed by atoms with van der Waals surface area (Å²) in [5.74, 6) is 1.77. The predicted octanol–water partition coefficient (Wildman–Crippen LogP) is 2.65. The van der Waals surface area contributed by atoms with Crippen LogP contribution in [0.25, 0.3) is 16.7 Å². The lowest BCUT2D eigenvalue weighted by Gasteiger charge is -2.34. The van der Waals surface area contributed by atoms with Crippen molar-refractivity contribution < 1.29 is 9.53 Å². The number of aromatic nitrogens is 4. The molecule has 1 aromatic carbocycles. The molecule has 2 fully saturated rings. The van der Waals surface area contributed by atoms with E-state index >= 15 is 0 Å². The molecule has 5 rings (SSSR count). The number of fused-ring (bicyclic) bond motifs is 1. The van der Waals surface area contributed by atoms with E-state index in [1.54, 1.807) is 6.20 Å². The van der Waals surface area contributed by atoms with Crippen molar-refractivity contribution >= 4 is 22.8 Å². The van der Waals surface area contributed by atoms with Gasteiger partial charge in [0, 0.05) is 42.7 Å². The van der Waals surface area contributed by atoms with Crippen LogP contribution in [0.4, 0.5) is 5.95 Å². The summed E-state index contributed by atoms with van der Waals surface area (Å²) in [6, 6.07) is 10.2. The molecule has 156 valence electrons. The molecule has 3 heterocycles. The van der Waals surface area contributed by atoms with Crippen LogP contribution in [0.3, 0.4) is 0 Å². The molecular weight excluding hydrogens is 380 g/mol. The molecule has 1 aliphatic heterocycles. The highest BCUT2D eigenvalue weighted by Gasteiger charge is 2.30. The van der Waals surface area contributed by atoms with Gasteiger partial charge < -0.3 is 15.0 Å². The number of rotatable bonds is 4. The van der Waals surface area contributed by atoms with E-state index in [0.29, 0.717) is 25.1 Å². The number of para-hydroxylation sites is 1. The van der Waals surface area contributed by atoms with E-state index in [1.165, 1.54) is 0 Å². The third-order valence-electron chi connectivity index (χ3n) is 6.07. The van der Waals surface area contributed by atoms with E-state index in [9.17, 15) is 4.79 Å². The first kappa shape index (κ1) is 19.0. The van der Waals surface area contributed by atoms with E-state index < -0.39 is 0 Å². The second kappa shape index (κ2) is 8.39. The first-order chi connectivity index (χ1) is 14.8. The molecule has 0 radical (unpaired) electrons. The second-order valence-electron chi connectivity index (χ2n) is 7.98. The third-order valence-corrected chi connectivity index (χ3v) is 6.07. The summed E-state index contributed by atoms with van der Waals surface area (Å²) in [4.78, 5) is 23.8. The highest BCUT2D eigenvalue weighted by Crippen LogP contribution is 2.28. The predicted molar refractivity (Wildman–Crippen MR) is 113 cm³/mol. The van der Waals surface area contributed by atoms with Gasteiger partial charge in [-0.1, -0.05) is 18.2 Å². The van der Waals surface area contributed by atoms with Gasteiger partial charge in [-0.05, 0) is 31.7 Å². The van der Waals surface area contributed by atoms with Crippen LogP contribution in [0.2, 0.25) is 0 Å². The molecule has 8 nitrogen and oxygen atoms in total. The molecule has 1 aliphatic carbocycles.